The van der Waals surface area contributed by atoms with E-state index in [4.69, 9.17) is 19.3 Å². The number of carboxylic acids is 1. The number of aliphatic hydroxyl groups excluding tert-OH is 1. The van der Waals surface area contributed by atoms with Crippen molar-refractivity contribution in [2.45, 2.75) is 37.9 Å². The summed E-state index contributed by atoms with van der Waals surface area (Å²) in [6.45, 7) is 4.70. The fourth-order valence-corrected chi connectivity index (χ4v) is 3.76. The minimum absolute atomic E-state index is 0. The van der Waals surface area contributed by atoms with Crippen molar-refractivity contribution in [1.82, 2.24) is 0 Å². The summed E-state index contributed by atoms with van der Waals surface area (Å²) in [5.74, 6) is -2.66. The van der Waals surface area contributed by atoms with Gasteiger partial charge < -0.3 is 34.5 Å². The maximum absolute atomic E-state index is 12.4. The standard InChI is InChI=1S/C23H35NO8S.Na/c1-2-3-7-20(16-32-13-12-31-11-10-30-9-8-25)33-17-22(27)24-19-6-4-5-18(14-19)15-21(26)23(28)29;/h4-6,14,20,25H,2-3,7-13,15-17H2,1H3,(H,24,27)(H,28,29);/q;+1/p-1. The summed E-state index contributed by atoms with van der Waals surface area (Å²) in [5, 5.41) is 22.2. The van der Waals surface area contributed by atoms with Gasteiger partial charge in [-0.1, -0.05) is 31.9 Å². The van der Waals surface area contributed by atoms with Gasteiger partial charge in [0.2, 0.25) is 5.91 Å². The fourth-order valence-electron chi connectivity index (χ4n) is 2.77. The zero-order valence-electron chi connectivity index (χ0n) is 20.1. The first-order chi connectivity index (χ1) is 16.0. The zero-order chi connectivity index (χ0) is 24.3. The number of ether oxygens (including phenoxy) is 3. The number of hydrogen-bond acceptors (Lipinski definition) is 9. The molecule has 0 bridgehead atoms. The molecule has 2 N–H and O–H groups in total. The van der Waals surface area contributed by atoms with Crippen LogP contribution in [0, 0.1) is 0 Å². The summed E-state index contributed by atoms with van der Waals surface area (Å²) in [7, 11) is 0. The number of benzene rings is 1. The van der Waals surface area contributed by atoms with Crippen LogP contribution in [0.5, 0.6) is 0 Å². The van der Waals surface area contributed by atoms with Gasteiger partial charge in [-0.15, -0.1) is 11.8 Å². The molecule has 0 aromatic heterocycles. The summed E-state index contributed by atoms with van der Waals surface area (Å²) in [4.78, 5) is 34.3. The van der Waals surface area contributed by atoms with Gasteiger partial charge in [0.05, 0.1) is 52.0 Å². The van der Waals surface area contributed by atoms with Gasteiger partial charge in [-0.3, -0.25) is 9.59 Å². The van der Waals surface area contributed by atoms with Crippen molar-refractivity contribution in [3.8, 4) is 0 Å². The number of carbonyl (C=O) groups excluding carboxylic acids is 3. The predicted molar refractivity (Wildman–Crippen MR) is 124 cm³/mol. The molecular formula is C23H34NNaO8S. The third-order valence-electron chi connectivity index (χ3n) is 4.42. The zero-order valence-corrected chi connectivity index (χ0v) is 22.9. The number of amides is 1. The Balaban J connectivity index is 0.0000109. The fraction of sp³-hybridized carbons (Fsp3) is 0.609. The van der Waals surface area contributed by atoms with Crippen LogP contribution in [0.3, 0.4) is 0 Å². The van der Waals surface area contributed by atoms with Gasteiger partial charge in [0, 0.05) is 17.4 Å². The third kappa shape index (κ3) is 16.6. The van der Waals surface area contributed by atoms with Gasteiger partial charge in [-0.05, 0) is 24.1 Å². The van der Waals surface area contributed by atoms with E-state index in [-0.39, 0.29) is 59.5 Å². The van der Waals surface area contributed by atoms with E-state index in [0.29, 0.717) is 50.9 Å². The SMILES string of the molecule is CCCCC(COCCOCCOCCO)SCC(=O)Nc1cccc(CC(=O)C(=O)[O-])c1.[Na+]. The number of aliphatic hydroxyl groups is 1. The van der Waals surface area contributed by atoms with Crippen molar-refractivity contribution in [2.75, 3.05) is 57.3 Å². The summed E-state index contributed by atoms with van der Waals surface area (Å²) >= 11 is 1.52. The maximum atomic E-state index is 12.4. The largest absolute Gasteiger partial charge is 1.00 e. The van der Waals surface area contributed by atoms with Crippen molar-refractivity contribution < 1.29 is 68.4 Å². The summed E-state index contributed by atoms with van der Waals surface area (Å²) in [6, 6.07) is 6.53. The van der Waals surface area contributed by atoms with Crippen molar-refractivity contribution in [3.05, 3.63) is 29.8 Å². The number of carboxylic acid groups (broad SMARTS) is 1. The van der Waals surface area contributed by atoms with Crippen LogP contribution >= 0.6 is 11.8 Å². The molecule has 0 aliphatic carbocycles. The first kappa shape index (κ1) is 33.0. The van der Waals surface area contributed by atoms with Crippen LogP contribution < -0.4 is 40.0 Å². The number of unbranched alkanes of at least 4 members (excludes halogenated alkanes) is 1. The van der Waals surface area contributed by atoms with Crippen molar-refractivity contribution >= 4 is 35.1 Å². The molecule has 1 rings (SSSR count). The Bertz CT molecular complexity index is 722. The Labute approximate surface area is 227 Å². The second-order valence-corrected chi connectivity index (χ2v) is 8.52. The molecule has 0 aliphatic heterocycles. The Morgan fingerprint density at radius 2 is 1.76 bits per heavy atom. The molecule has 1 unspecified atom stereocenters. The number of nitrogens with one attached hydrogen (secondary N) is 1. The molecule has 1 atom stereocenters. The van der Waals surface area contributed by atoms with Gasteiger partial charge in [0.15, 0.2) is 5.78 Å². The molecule has 0 radical (unpaired) electrons. The molecule has 0 spiro atoms. The van der Waals surface area contributed by atoms with E-state index in [9.17, 15) is 19.5 Å². The number of aliphatic carboxylic acids is 1. The molecule has 1 amide bonds. The van der Waals surface area contributed by atoms with E-state index in [2.05, 4.69) is 12.2 Å². The van der Waals surface area contributed by atoms with Crippen molar-refractivity contribution in [2.24, 2.45) is 0 Å². The van der Waals surface area contributed by atoms with Gasteiger partial charge in [0.1, 0.15) is 5.97 Å². The monoisotopic (exact) mass is 507 g/mol. The van der Waals surface area contributed by atoms with Crippen molar-refractivity contribution in [1.29, 1.82) is 0 Å². The molecule has 0 saturated heterocycles. The van der Waals surface area contributed by atoms with Gasteiger partial charge >= 0.3 is 29.6 Å². The minimum Gasteiger partial charge on any atom is -0.542 e. The predicted octanol–water partition coefficient (Wildman–Crippen LogP) is -2.18. The van der Waals surface area contributed by atoms with Gasteiger partial charge in [-0.25, -0.2) is 0 Å². The Hall–Kier alpha value is -0.980. The van der Waals surface area contributed by atoms with E-state index in [1.807, 2.05) is 0 Å². The molecule has 11 heteroatoms. The second kappa shape index (κ2) is 21.3. The smallest absolute Gasteiger partial charge is 0.542 e. The van der Waals surface area contributed by atoms with Crippen molar-refractivity contribution in [3.63, 3.8) is 0 Å². The molecule has 0 heterocycles. The summed E-state index contributed by atoms with van der Waals surface area (Å²) in [5.41, 5.74) is 0.997. The maximum Gasteiger partial charge on any atom is 1.00 e. The Kier molecular flexibility index (Phi) is 20.7. The number of ketones is 1. The quantitative estimate of drug-likeness (QED) is 0.115. The number of rotatable bonds is 20. The van der Waals surface area contributed by atoms with Crippen LogP contribution in [0.25, 0.3) is 0 Å². The van der Waals surface area contributed by atoms with Gasteiger partial charge in [-0.2, -0.15) is 0 Å². The van der Waals surface area contributed by atoms with Crippen LogP contribution in [0.4, 0.5) is 5.69 Å². The van der Waals surface area contributed by atoms with E-state index in [0.717, 1.165) is 19.3 Å². The van der Waals surface area contributed by atoms with E-state index in [1.165, 1.54) is 11.8 Å². The minimum atomic E-state index is -1.72. The number of hydrogen-bond donors (Lipinski definition) is 2. The first-order valence-corrected chi connectivity index (χ1v) is 12.1. The van der Waals surface area contributed by atoms with E-state index in [1.54, 1.807) is 24.3 Å². The van der Waals surface area contributed by atoms with E-state index >= 15 is 0 Å². The normalized spacial score (nSPS) is 11.5. The summed E-state index contributed by atoms with van der Waals surface area (Å²) in [6.07, 6.45) is 2.75. The Morgan fingerprint density at radius 3 is 2.41 bits per heavy atom. The van der Waals surface area contributed by atoms with Crippen LogP contribution in [0.15, 0.2) is 24.3 Å². The first-order valence-electron chi connectivity index (χ1n) is 11.0. The van der Waals surface area contributed by atoms with Crippen LogP contribution in [0.1, 0.15) is 31.7 Å². The van der Waals surface area contributed by atoms with Crippen LogP contribution in [0.2, 0.25) is 0 Å². The van der Waals surface area contributed by atoms with E-state index < -0.39 is 11.8 Å². The topological polar surface area (TPSA) is 134 Å². The average molecular weight is 508 g/mol. The molecule has 1 aromatic rings. The number of Topliss-reactive ketones (excluding diaryl/α,β-unsaturated/α-hetero) is 1. The second-order valence-electron chi connectivity index (χ2n) is 7.23. The molecular weight excluding hydrogens is 473 g/mol. The molecule has 1 aromatic carbocycles. The molecule has 0 fully saturated rings. The average Bonchev–Trinajstić information content (AvgIpc) is 2.79. The number of thioether (sulfide) groups is 1. The molecule has 9 nitrogen and oxygen atoms in total. The third-order valence-corrected chi connectivity index (χ3v) is 5.69. The van der Waals surface area contributed by atoms with Gasteiger partial charge in [0.25, 0.3) is 0 Å². The summed E-state index contributed by atoms with van der Waals surface area (Å²) < 4.78 is 16.2. The molecule has 0 aliphatic rings. The number of carbonyl (C=O) groups is 3. The molecule has 186 valence electrons. The number of anilines is 1. The van der Waals surface area contributed by atoms with Crippen LogP contribution in [-0.2, 0) is 35.0 Å². The molecule has 0 saturated carbocycles. The Morgan fingerprint density at radius 1 is 1.09 bits per heavy atom. The molecule has 34 heavy (non-hydrogen) atoms. The van der Waals surface area contributed by atoms with Crippen LogP contribution in [-0.4, -0.2) is 80.0 Å².